The van der Waals surface area contributed by atoms with Crippen LogP contribution in [0.1, 0.15) is 71.6 Å². The first-order valence-electron chi connectivity index (χ1n) is 9.16. The standard InChI is InChI=1S/C19H33NO/c1-18-10-4-6-15(18)14-7-8-17(20-3)19(2,11-5-13-21)16(14)9-12-18/h13-17,20H,4-12H2,1-3H3. The number of hydrogen-bond donors (Lipinski definition) is 1. The van der Waals surface area contributed by atoms with E-state index < -0.39 is 0 Å². The molecule has 1 N–H and O–H groups in total. The van der Waals surface area contributed by atoms with Crippen LogP contribution in [-0.4, -0.2) is 19.4 Å². The van der Waals surface area contributed by atoms with E-state index in [0.717, 1.165) is 36.9 Å². The van der Waals surface area contributed by atoms with E-state index in [0.29, 0.717) is 16.9 Å². The number of fused-ring (bicyclic) bond motifs is 3. The Bertz CT molecular complexity index is 395. The third kappa shape index (κ3) is 2.38. The Morgan fingerprint density at radius 2 is 1.90 bits per heavy atom. The molecule has 3 saturated carbocycles. The van der Waals surface area contributed by atoms with Gasteiger partial charge in [0.15, 0.2) is 0 Å². The minimum atomic E-state index is 0.322. The zero-order chi connectivity index (χ0) is 15.1. The molecule has 6 unspecified atom stereocenters. The topological polar surface area (TPSA) is 29.1 Å². The molecule has 0 aromatic heterocycles. The molecule has 0 amide bonds. The molecule has 0 aliphatic heterocycles. The number of rotatable bonds is 4. The van der Waals surface area contributed by atoms with Crippen molar-refractivity contribution in [2.75, 3.05) is 7.05 Å². The summed E-state index contributed by atoms with van der Waals surface area (Å²) in [4.78, 5) is 11.0. The van der Waals surface area contributed by atoms with Crippen molar-refractivity contribution in [3.05, 3.63) is 0 Å². The molecular formula is C19H33NO. The number of carbonyl (C=O) groups is 1. The van der Waals surface area contributed by atoms with Gasteiger partial charge in [-0.25, -0.2) is 0 Å². The van der Waals surface area contributed by atoms with Crippen molar-refractivity contribution >= 4 is 6.29 Å². The summed E-state index contributed by atoms with van der Waals surface area (Å²) in [7, 11) is 2.12. The van der Waals surface area contributed by atoms with Crippen LogP contribution in [0.3, 0.4) is 0 Å². The summed E-state index contributed by atoms with van der Waals surface area (Å²) in [6, 6.07) is 0.601. The molecule has 3 rings (SSSR count). The fraction of sp³-hybridized carbons (Fsp3) is 0.947. The Kier molecular flexibility index (Phi) is 4.20. The van der Waals surface area contributed by atoms with Gasteiger partial charge in [-0.05, 0) is 80.6 Å². The molecule has 0 aromatic rings. The van der Waals surface area contributed by atoms with Crippen molar-refractivity contribution in [1.82, 2.24) is 5.32 Å². The summed E-state index contributed by atoms with van der Waals surface area (Å²) in [6.07, 6.45) is 12.8. The van der Waals surface area contributed by atoms with E-state index in [1.54, 1.807) is 0 Å². The highest BCUT2D eigenvalue weighted by Crippen LogP contribution is 2.63. The molecule has 2 nitrogen and oxygen atoms in total. The first-order chi connectivity index (χ1) is 10.0. The fourth-order valence-corrected chi connectivity index (χ4v) is 6.65. The maximum Gasteiger partial charge on any atom is 0.120 e. The predicted molar refractivity (Wildman–Crippen MR) is 87.1 cm³/mol. The first kappa shape index (κ1) is 15.5. The highest BCUT2D eigenvalue weighted by molar-refractivity contribution is 5.49. The van der Waals surface area contributed by atoms with E-state index in [4.69, 9.17) is 0 Å². The lowest BCUT2D eigenvalue weighted by molar-refractivity contribution is -0.110. The first-order valence-corrected chi connectivity index (χ1v) is 9.16. The van der Waals surface area contributed by atoms with Crippen LogP contribution < -0.4 is 5.32 Å². The summed E-state index contributed by atoms with van der Waals surface area (Å²) in [5.74, 6) is 2.72. The van der Waals surface area contributed by atoms with Gasteiger partial charge in [0.05, 0.1) is 0 Å². The quantitative estimate of drug-likeness (QED) is 0.787. The van der Waals surface area contributed by atoms with Crippen molar-refractivity contribution in [3.8, 4) is 0 Å². The maximum absolute atomic E-state index is 11.0. The number of hydrogen-bond acceptors (Lipinski definition) is 2. The largest absolute Gasteiger partial charge is 0.316 e. The highest BCUT2D eigenvalue weighted by Gasteiger charge is 2.56. The molecule has 0 bridgehead atoms. The lowest BCUT2D eigenvalue weighted by Gasteiger charge is -2.58. The minimum Gasteiger partial charge on any atom is -0.316 e. The molecule has 21 heavy (non-hydrogen) atoms. The molecule has 3 aliphatic carbocycles. The van der Waals surface area contributed by atoms with Gasteiger partial charge in [-0.1, -0.05) is 20.3 Å². The third-order valence-electron chi connectivity index (χ3n) is 7.80. The van der Waals surface area contributed by atoms with Crippen LogP contribution >= 0.6 is 0 Å². The normalized spacial score (nSPS) is 49.5. The van der Waals surface area contributed by atoms with Crippen LogP contribution in [-0.2, 0) is 4.79 Å². The minimum absolute atomic E-state index is 0.322. The second kappa shape index (κ2) is 5.68. The summed E-state index contributed by atoms with van der Waals surface area (Å²) in [6.45, 7) is 5.04. The molecular weight excluding hydrogens is 258 g/mol. The van der Waals surface area contributed by atoms with E-state index in [1.807, 2.05) is 0 Å². The SMILES string of the molecule is CNC1CCC2C3CCCC3(C)CCC2C1(C)CCC=O. The monoisotopic (exact) mass is 291 g/mol. The second-order valence-corrected chi connectivity index (χ2v) is 8.59. The van der Waals surface area contributed by atoms with Crippen LogP contribution in [0.2, 0.25) is 0 Å². The average molecular weight is 291 g/mol. The smallest absolute Gasteiger partial charge is 0.120 e. The Morgan fingerprint density at radius 3 is 2.62 bits per heavy atom. The molecule has 3 aliphatic rings. The van der Waals surface area contributed by atoms with Crippen molar-refractivity contribution in [2.24, 2.45) is 28.6 Å². The zero-order valence-corrected chi connectivity index (χ0v) is 14.2. The summed E-state index contributed by atoms with van der Waals surface area (Å²) >= 11 is 0. The number of aldehydes is 1. The van der Waals surface area contributed by atoms with Crippen molar-refractivity contribution in [1.29, 1.82) is 0 Å². The number of nitrogens with one attached hydrogen (secondary N) is 1. The van der Waals surface area contributed by atoms with Crippen LogP contribution in [0.5, 0.6) is 0 Å². The van der Waals surface area contributed by atoms with Gasteiger partial charge < -0.3 is 10.1 Å². The summed E-state index contributed by atoms with van der Waals surface area (Å²) in [5.41, 5.74) is 0.960. The average Bonchev–Trinajstić information content (AvgIpc) is 2.87. The Morgan fingerprint density at radius 1 is 1.10 bits per heavy atom. The van der Waals surface area contributed by atoms with Gasteiger partial charge in [-0.2, -0.15) is 0 Å². The molecule has 6 atom stereocenters. The van der Waals surface area contributed by atoms with Crippen molar-refractivity contribution in [3.63, 3.8) is 0 Å². The summed E-state index contributed by atoms with van der Waals surface area (Å²) in [5, 5.41) is 3.59. The lowest BCUT2D eigenvalue weighted by atomic mass is 9.48. The Balaban J connectivity index is 1.86. The predicted octanol–water partition coefficient (Wildman–Crippen LogP) is 4.19. The van der Waals surface area contributed by atoms with Gasteiger partial charge in [0.2, 0.25) is 0 Å². The van der Waals surface area contributed by atoms with Gasteiger partial charge in [-0.3, -0.25) is 0 Å². The van der Waals surface area contributed by atoms with Crippen molar-refractivity contribution < 1.29 is 4.79 Å². The van der Waals surface area contributed by atoms with Gasteiger partial charge in [0.25, 0.3) is 0 Å². The molecule has 0 heterocycles. The molecule has 0 saturated heterocycles. The van der Waals surface area contributed by atoms with Gasteiger partial charge in [0, 0.05) is 12.5 Å². The maximum atomic E-state index is 11.0. The Labute approximate surface area is 130 Å². The van der Waals surface area contributed by atoms with Gasteiger partial charge in [-0.15, -0.1) is 0 Å². The summed E-state index contributed by atoms with van der Waals surface area (Å²) < 4.78 is 0. The highest BCUT2D eigenvalue weighted by atomic mass is 16.1. The van der Waals surface area contributed by atoms with Crippen LogP contribution in [0.25, 0.3) is 0 Å². The Hall–Kier alpha value is -0.370. The van der Waals surface area contributed by atoms with E-state index in [-0.39, 0.29) is 0 Å². The van der Waals surface area contributed by atoms with Crippen LogP contribution in [0.4, 0.5) is 0 Å². The molecule has 0 spiro atoms. The number of carbonyl (C=O) groups excluding carboxylic acids is 1. The zero-order valence-electron chi connectivity index (χ0n) is 14.2. The van der Waals surface area contributed by atoms with Crippen LogP contribution in [0.15, 0.2) is 0 Å². The van der Waals surface area contributed by atoms with E-state index in [1.165, 1.54) is 44.9 Å². The van der Waals surface area contributed by atoms with Crippen molar-refractivity contribution in [2.45, 2.75) is 77.7 Å². The lowest BCUT2D eigenvalue weighted by Crippen LogP contribution is -2.56. The van der Waals surface area contributed by atoms with E-state index in [2.05, 4.69) is 26.2 Å². The molecule has 2 heteroatoms. The van der Waals surface area contributed by atoms with E-state index >= 15 is 0 Å². The molecule has 0 radical (unpaired) electrons. The second-order valence-electron chi connectivity index (χ2n) is 8.59. The third-order valence-corrected chi connectivity index (χ3v) is 7.80. The fourth-order valence-electron chi connectivity index (χ4n) is 6.65. The van der Waals surface area contributed by atoms with E-state index in [9.17, 15) is 4.79 Å². The molecule has 120 valence electrons. The van der Waals surface area contributed by atoms with Gasteiger partial charge in [0.1, 0.15) is 6.29 Å². The van der Waals surface area contributed by atoms with Gasteiger partial charge >= 0.3 is 0 Å². The van der Waals surface area contributed by atoms with Crippen LogP contribution in [0, 0.1) is 28.6 Å². The molecule has 3 fully saturated rings. The molecule has 0 aromatic carbocycles.